The second-order valence-electron chi connectivity index (χ2n) is 4.61. The summed E-state index contributed by atoms with van der Waals surface area (Å²) in [5.41, 5.74) is -2.93. The molecule has 0 radical (unpaired) electrons. The minimum absolute atomic E-state index is 0.136. The van der Waals surface area contributed by atoms with Gasteiger partial charge in [0.2, 0.25) is 6.54 Å². The summed E-state index contributed by atoms with van der Waals surface area (Å²) in [6, 6.07) is 5.95. The zero-order valence-corrected chi connectivity index (χ0v) is 13.6. The smallest absolute Gasteiger partial charge is 0.352 e. The summed E-state index contributed by atoms with van der Waals surface area (Å²) in [5.74, 6) is -4.09. The molecule has 1 aromatic rings. The Bertz CT molecular complexity index is 577. The average molecular weight is 376 g/mol. The van der Waals surface area contributed by atoms with E-state index in [9.17, 15) is 19.7 Å². The molecule has 1 aromatic carbocycles. The molecule has 8 heteroatoms. The number of Topliss-reactive ketones (excluding diaryl/α,β-unsaturated/α-hetero) is 1. The Hall–Kier alpha value is -1.83. The van der Waals surface area contributed by atoms with Crippen LogP contribution in [0.1, 0.15) is 25.3 Å². The van der Waals surface area contributed by atoms with Crippen LogP contribution in [-0.2, 0) is 14.3 Å². The number of rotatable bonds is 7. The van der Waals surface area contributed by atoms with Crippen molar-refractivity contribution in [3.63, 3.8) is 0 Å². The van der Waals surface area contributed by atoms with Crippen LogP contribution in [-0.4, -0.2) is 35.5 Å². The van der Waals surface area contributed by atoms with E-state index < -0.39 is 34.8 Å². The topological polar surface area (TPSA) is 86.5 Å². The van der Waals surface area contributed by atoms with Gasteiger partial charge in [0.15, 0.2) is 5.78 Å². The summed E-state index contributed by atoms with van der Waals surface area (Å²) >= 11 is 3.19. The van der Waals surface area contributed by atoms with E-state index in [1.165, 1.54) is 19.1 Å². The number of carbonyl (C=O) groups is 2. The fourth-order valence-corrected chi connectivity index (χ4v) is 2.34. The first kappa shape index (κ1) is 18.2. The summed E-state index contributed by atoms with van der Waals surface area (Å²) in [7, 11) is 0. The van der Waals surface area contributed by atoms with Gasteiger partial charge in [0.1, 0.15) is 5.92 Å². The highest BCUT2D eigenvalue weighted by atomic mass is 79.9. The van der Waals surface area contributed by atoms with Gasteiger partial charge in [-0.25, -0.2) is 9.18 Å². The van der Waals surface area contributed by atoms with Crippen molar-refractivity contribution >= 4 is 27.7 Å². The molecule has 0 aromatic heterocycles. The number of halogens is 2. The first-order valence-corrected chi connectivity index (χ1v) is 7.27. The predicted molar refractivity (Wildman–Crippen MR) is 79.9 cm³/mol. The lowest BCUT2D eigenvalue weighted by Crippen LogP contribution is -2.49. The summed E-state index contributed by atoms with van der Waals surface area (Å²) in [5, 5.41) is 10.9. The molecule has 0 fully saturated rings. The average Bonchev–Trinajstić information content (AvgIpc) is 2.44. The minimum Gasteiger partial charge on any atom is -0.463 e. The summed E-state index contributed by atoms with van der Waals surface area (Å²) in [6.07, 6.45) is 0. The molecular formula is C14H15BrFNO5. The molecular weight excluding hydrogens is 361 g/mol. The SMILES string of the molecule is CCOC(=O)[C@@](F)(C(C)=O)[C@H](C[N+](=O)[O-])c1ccc(Br)cc1. The molecule has 0 saturated carbocycles. The molecule has 0 saturated heterocycles. The zero-order valence-electron chi connectivity index (χ0n) is 12.0. The quantitative estimate of drug-likeness (QED) is 0.316. The van der Waals surface area contributed by atoms with Gasteiger partial charge in [0.05, 0.1) is 6.61 Å². The lowest BCUT2D eigenvalue weighted by Gasteiger charge is -2.27. The van der Waals surface area contributed by atoms with Crippen LogP contribution < -0.4 is 0 Å². The number of ether oxygens (including phenoxy) is 1. The van der Waals surface area contributed by atoms with Gasteiger partial charge in [0.25, 0.3) is 5.67 Å². The number of benzene rings is 1. The summed E-state index contributed by atoms with van der Waals surface area (Å²) in [6.45, 7) is 1.29. The highest BCUT2D eigenvalue weighted by Gasteiger charge is 2.55. The molecule has 0 aliphatic rings. The Morgan fingerprint density at radius 2 is 1.95 bits per heavy atom. The maximum absolute atomic E-state index is 15.2. The van der Waals surface area contributed by atoms with Crippen LogP contribution in [0.15, 0.2) is 28.7 Å². The molecule has 0 heterocycles. The van der Waals surface area contributed by atoms with Gasteiger partial charge in [-0.1, -0.05) is 28.1 Å². The third-order valence-corrected chi connectivity index (χ3v) is 3.70. The molecule has 0 aliphatic heterocycles. The van der Waals surface area contributed by atoms with Gasteiger partial charge in [-0.05, 0) is 31.5 Å². The fraction of sp³-hybridized carbons (Fsp3) is 0.429. The van der Waals surface area contributed by atoms with Crippen molar-refractivity contribution in [2.75, 3.05) is 13.2 Å². The van der Waals surface area contributed by atoms with E-state index in [1.54, 1.807) is 12.1 Å². The second-order valence-corrected chi connectivity index (χ2v) is 5.52. The molecule has 6 nitrogen and oxygen atoms in total. The van der Waals surface area contributed by atoms with E-state index in [0.29, 0.717) is 4.47 Å². The Kier molecular flexibility index (Phi) is 6.16. The van der Waals surface area contributed by atoms with Crippen molar-refractivity contribution < 1.29 is 23.6 Å². The van der Waals surface area contributed by atoms with Gasteiger partial charge < -0.3 is 4.74 Å². The molecule has 0 bridgehead atoms. The van der Waals surface area contributed by atoms with Crippen LogP contribution in [0.2, 0.25) is 0 Å². The van der Waals surface area contributed by atoms with Gasteiger partial charge in [-0.3, -0.25) is 14.9 Å². The normalized spacial score (nSPS) is 14.7. The maximum atomic E-state index is 15.2. The van der Waals surface area contributed by atoms with Gasteiger partial charge in [-0.2, -0.15) is 0 Å². The van der Waals surface area contributed by atoms with Crippen molar-refractivity contribution in [3.05, 3.63) is 44.4 Å². The summed E-state index contributed by atoms with van der Waals surface area (Å²) < 4.78 is 20.5. The van der Waals surface area contributed by atoms with Crippen LogP contribution in [0.3, 0.4) is 0 Å². The Morgan fingerprint density at radius 3 is 2.36 bits per heavy atom. The predicted octanol–water partition coefficient (Wildman–Crippen LogP) is 2.67. The van der Waals surface area contributed by atoms with E-state index in [2.05, 4.69) is 20.7 Å². The van der Waals surface area contributed by atoms with Gasteiger partial charge >= 0.3 is 5.97 Å². The van der Waals surface area contributed by atoms with E-state index in [-0.39, 0.29) is 12.2 Å². The van der Waals surface area contributed by atoms with Crippen LogP contribution in [0.4, 0.5) is 4.39 Å². The van der Waals surface area contributed by atoms with E-state index in [4.69, 9.17) is 0 Å². The first-order valence-electron chi connectivity index (χ1n) is 6.47. The lowest BCUT2D eigenvalue weighted by molar-refractivity contribution is -0.485. The zero-order chi connectivity index (χ0) is 16.9. The van der Waals surface area contributed by atoms with Crippen LogP contribution >= 0.6 is 15.9 Å². The van der Waals surface area contributed by atoms with Crippen LogP contribution in [0, 0.1) is 10.1 Å². The Morgan fingerprint density at radius 1 is 1.41 bits per heavy atom. The summed E-state index contributed by atoms with van der Waals surface area (Å²) in [4.78, 5) is 33.8. The number of carbonyl (C=O) groups excluding carboxylic acids is 2. The van der Waals surface area contributed by atoms with E-state index in [0.717, 1.165) is 6.92 Å². The second kappa shape index (κ2) is 7.44. The minimum atomic E-state index is -3.10. The fourth-order valence-electron chi connectivity index (χ4n) is 2.07. The molecule has 0 unspecified atom stereocenters. The standard InChI is InChI=1S/C14H15BrFNO5/c1-3-22-13(19)14(16,9(2)18)12(8-17(20)21)10-4-6-11(15)7-5-10/h4-7,12H,3,8H2,1-2H3/t12-,14-/m1/s1. The van der Waals surface area contributed by atoms with Crippen molar-refractivity contribution in [2.24, 2.45) is 0 Å². The molecule has 120 valence electrons. The lowest BCUT2D eigenvalue weighted by atomic mass is 9.80. The van der Waals surface area contributed by atoms with Crippen molar-refractivity contribution in [1.82, 2.24) is 0 Å². The van der Waals surface area contributed by atoms with Crippen molar-refractivity contribution in [1.29, 1.82) is 0 Å². The number of alkyl halides is 1. The highest BCUT2D eigenvalue weighted by Crippen LogP contribution is 2.35. The largest absolute Gasteiger partial charge is 0.463 e. The van der Waals surface area contributed by atoms with Crippen LogP contribution in [0.25, 0.3) is 0 Å². The Balaban J connectivity index is 3.38. The monoisotopic (exact) mass is 375 g/mol. The van der Waals surface area contributed by atoms with Crippen LogP contribution in [0.5, 0.6) is 0 Å². The maximum Gasteiger partial charge on any atom is 0.352 e. The first-order chi connectivity index (χ1) is 10.2. The van der Waals surface area contributed by atoms with Crippen molar-refractivity contribution in [2.45, 2.75) is 25.4 Å². The number of ketones is 1. The number of hydrogen-bond acceptors (Lipinski definition) is 5. The molecule has 0 aliphatic carbocycles. The number of nitrogens with zero attached hydrogens (tertiary/aromatic N) is 1. The van der Waals surface area contributed by atoms with E-state index >= 15 is 4.39 Å². The van der Waals surface area contributed by atoms with Gasteiger partial charge in [-0.15, -0.1) is 0 Å². The number of esters is 1. The molecule has 1 rings (SSSR count). The van der Waals surface area contributed by atoms with E-state index in [1.807, 2.05) is 0 Å². The Labute approximate surface area is 134 Å². The van der Waals surface area contributed by atoms with Gasteiger partial charge in [0, 0.05) is 9.40 Å². The third-order valence-electron chi connectivity index (χ3n) is 3.17. The molecule has 2 atom stereocenters. The molecule has 0 spiro atoms. The van der Waals surface area contributed by atoms with Crippen molar-refractivity contribution in [3.8, 4) is 0 Å². The third kappa shape index (κ3) is 3.88. The number of nitro groups is 1. The molecule has 0 amide bonds. The highest BCUT2D eigenvalue weighted by molar-refractivity contribution is 9.10. The number of hydrogen-bond donors (Lipinski definition) is 0. The molecule has 0 N–H and O–H groups in total. The molecule has 22 heavy (non-hydrogen) atoms.